The number of anilines is 1. The third kappa shape index (κ3) is 3.61. The smallest absolute Gasteiger partial charge is 0.192 e. The van der Waals surface area contributed by atoms with E-state index in [1.165, 1.54) is 18.2 Å². The maximum Gasteiger partial charge on any atom is 0.192 e. The molecule has 0 saturated heterocycles. The lowest BCUT2D eigenvalue weighted by molar-refractivity contribution is 0.301. The fourth-order valence-corrected chi connectivity index (χ4v) is 3.55. The van der Waals surface area contributed by atoms with Crippen molar-refractivity contribution in [2.45, 2.75) is 57.8 Å². The summed E-state index contributed by atoms with van der Waals surface area (Å²) >= 11 is 0. The molecule has 0 aliphatic heterocycles. The quantitative estimate of drug-likeness (QED) is 0.610. The first-order valence-corrected chi connectivity index (χ1v) is 11.5. The zero-order valence-electron chi connectivity index (χ0n) is 15.0. The van der Waals surface area contributed by atoms with Gasteiger partial charge in [-0.1, -0.05) is 20.8 Å². The second-order valence-corrected chi connectivity index (χ2v) is 12.9. The van der Waals surface area contributed by atoms with Gasteiger partial charge in [-0.15, -0.1) is 0 Å². The molecule has 1 N–H and O–H groups in total. The average molecular weight is 332 g/mol. The number of fused-ring (bicyclic) bond motifs is 1. The van der Waals surface area contributed by atoms with Gasteiger partial charge in [0.2, 0.25) is 0 Å². The summed E-state index contributed by atoms with van der Waals surface area (Å²) in [6.45, 7) is 13.0. The molecule has 2 aromatic rings. The summed E-state index contributed by atoms with van der Waals surface area (Å²) in [6.07, 6.45) is 6.68. The highest BCUT2D eigenvalue weighted by Crippen LogP contribution is 2.38. The van der Waals surface area contributed by atoms with Crippen molar-refractivity contribution in [2.75, 3.05) is 18.5 Å². The normalized spacial score (nSPS) is 16.0. The molecular formula is C18H29N3OSi. The molecule has 1 fully saturated rings. The lowest BCUT2D eigenvalue weighted by atomic mass is 10.2. The molecule has 5 heteroatoms. The second kappa shape index (κ2) is 5.95. The number of pyridine rings is 1. The number of nitrogens with zero attached hydrogens (tertiary/aromatic N) is 2. The van der Waals surface area contributed by atoms with Crippen LogP contribution in [0.5, 0.6) is 0 Å². The number of rotatable bonds is 6. The van der Waals surface area contributed by atoms with Crippen molar-refractivity contribution in [3.63, 3.8) is 0 Å². The molecule has 126 valence electrons. The highest BCUT2D eigenvalue weighted by molar-refractivity contribution is 6.74. The number of aromatic nitrogens is 2. The van der Waals surface area contributed by atoms with Gasteiger partial charge in [-0.2, -0.15) is 0 Å². The molecule has 0 radical (unpaired) electrons. The van der Waals surface area contributed by atoms with Gasteiger partial charge in [0, 0.05) is 24.2 Å². The van der Waals surface area contributed by atoms with Crippen molar-refractivity contribution in [3.8, 4) is 0 Å². The lowest BCUT2D eigenvalue weighted by Crippen LogP contribution is -2.41. The predicted molar refractivity (Wildman–Crippen MR) is 99.6 cm³/mol. The molecule has 4 nitrogen and oxygen atoms in total. The van der Waals surface area contributed by atoms with Gasteiger partial charge in [0.25, 0.3) is 0 Å². The van der Waals surface area contributed by atoms with Crippen molar-refractivity contribution in [3.05, 3.63) is 24.5 Å². The molecule has 1 aliphatic rings. The molecule has 0 amide bonds. The Morgan fingerprint density at radius 2 is 2.09 bits per heavy atom. The summed E-state index contributed by atoms with van der Waals surface area (Å²) in [5.74, 6) is 0. The summed E-state index contributed by atoms with van der Waals surface area (Å²) in [4.78, 5) is 4.64. The van der Waals surface area contributed by atoms with Crippen LogP contribution in [0.2, 0.25) is 18.1 Å². The van der Waals surface area contributed by atoms with E-state index in [1.54, 1.807) is 0 Å². The van der Waals surface area contributed by atoms with E-state index in [-0.39, 0.29) is 5.04 Å². The molecule has 23 heavy (non-hydrogen) atoms. The molecule has 0 atom stereocenters. The third-order valence-electron chi connectivity index (χ3n) is 5.19. The van der Waals surface area contributed by atoms with E-state index < -0.39 is 8.32 Å². The van der Waals surface area contributed by atoms with Crippen LogP contribution < -0.4 is 5.32 Å². The number of nitrogens with one attached hydrogen (secondary N) is 1. The first-order chi connectivity index (χ1) is 10.8. The minimum Gasteiger partial charge on any atom is -0.415 e. The number of hydrogen-bond donors (Lipinski definition) is 1. The van der Waals surface area contributed by atoms with E-state index in [2.05, 4.69) is 67.1 Å². The summed E-state index contributed by atoms with van der Waals surface area (Å²) < 4.78 is 8.50. The molecule has 0 spiro atoms. The van der Waals surface area contributed by atoms with Gasteiger partial charge in [-0.05, 0) is 43.1 Å². The van der Waals surface area contributed by atoms with E-state index >= 15 is 0 Å². The van der Waals surface area contributed by atoms with E-state index in [9.17, 15) is 0 Å². The molecular weight excluding hydrogens is 302 g/mol. The Bertz CT molecular complexity index is 683. The van der Waals surface area contributed by atoms with Crippen LogP contribution in [-0.2, 0) is 4.43 Å². The molecule has 3 rings (SSSR count). The fourth-order valence-electron chi connectivity index (χ4n) is 2.51. The van der Waals surface area contributed by atoms with Crippen LogP contribution in [0.4, 0.5) is 5.69 Å². The van der Waals surface area contributed by atoms with Crippen LogP contribution in [0, 0.1) is 0 Å². The van der Waals surface area contributed by atoms with Crippen molar-refractivity contribution in [2.24, 2.45) is 0 Å². The van der Waals surface area contributed by atoms with Crippen LogP contribution in [0.25, 0.3) is 11.0 Å². The van der Waals surface area contributed by atoms with Crippen molar-refractivity contribution >= 4 is 25.0 Å². The lowest BCUT2D eigenvalue weighted by Gasteiger charge is -2.36. The van der Waals surface area contributed by atoms with Gasteiger partial charge < -0.3 is 14.3 Å². The van der Waals surface area contributed by atoms with Crippen LogP contribution in [0.15, 0.2) is 24.5 Å². The van der Waals surface area contributed by atoms with Gasteiger partial charge in [0.15, 0.2) is 8.32 Å². The maximum atomic E-state index is 6.20. The zero-order chi connectivity index (χ0) is 16.7. The second-order valence-electron chi connectivity index (χ2n) is 8.13. The predicted octanol–water partition coefficient (Wildman–Crippen LogP) is 4.80. The summed E-state index contributed by atoms with van der Waals surface area (Å²) in [5.41, 5.74) is 2.18. The topological polar surface area (TPSA) is 39.1 Å². The minimum absolute atomic E-state index is 0.263. The van der Waals surface area contributed by atoms with Crippen LogP contribution in [0.3, 0.4) is 0 Å². The first kappa shape index (κ1) is 16.5. The highest BCUT2D eigenvalue weighted by Gasteiger charge is 2.36. The van der Waals surface area contributed by atoms with E-state index in [0.29, 0.717) is 6.04 Å². The molecule has 0 bridgehead atoms. The third-order valence-corrected chi connectivity index (χ3v) is 9.73. The Labute approximate surface area is 140 Å². The Morgan fingerprint density at radius 3 is 2.74 bits per heavy atom. The molecule has 2 aromatic heterocycles. The Kier molecular flexibility index (Phi) is 4.27. The molecule has 0 aromatic carbocycles. The largest absolute Gasteiger partial charge is 0.415 e. The van der Waals surface area contributed by atoms with Crippen molar-refractivity contribution in [1.29, 1.82) is 0 Å². The molecule has 0 unspecified atom stereocenters. The Balaban J connectivity index is 1.56. The SMILES string of the molecule is CC(C)(C)[Si](C)(C)OCCNc1cnc2c(ccn2C2CC2)c1. The maximum absolute atomic E-state index is 6.20. The fraction of sp³-hybridized carbons (Fsp3) is 0.611. The highest BCUT2D eigenvalue weighted by atomic mass is 28.4. The molecule has 1 aliphatic carbocycles. The molecule has 1 saturated carbocycles. The zero-order valence-corrected chi connectivity index (χ0v) is 16.0. The van der Waals surface area contributed by atoms with Gasteiger partial charge >= 0.3 is 0 Å². The van der Waals surface area contributed by atoms with E-state index in [4.69, 9.17) is 4.43 Å². The summed E-state index contributed by atoms with van der Waals surface area (Å²) in [6, 6.07) is 5.03. The van der Waals surface area contributed by atoms with E-state index in [1.807, 2.05) is 6.20 Å². The van der Waals surface area contributed by atoms with E-state index in [0.717, 1.165) is 24.5 Å². The van der Waals surface area contributed by atoms with Crippen LogP contribution in [0.1, 0.15) is 39.7 Å². The van der Waals surface area contributed by atoms with Gasteiger partial charge in [0.05, 0.1) is 18.5 Å². The average Bonchev–Trinajstić information content (AvgIpc) is 3.22. The van der Waals surface area contributed by atoms with Gasteiger partial charge in [-0.25, -0.2) is 4.98 Å². The monoisotopic (exact) mass is 331 g/mol. The van der Waals surface area contributed by atoms with Crippen molar-refractivity contribution in [1.82, 2.24) is 9.55 Å². The Hall–Kier alpha value is -1.33. The minimum atomic E-state index is -1.65. The standard InChI is InChI=1S/C18H29N3OSi/c1-18(2,3)23(4,5)22-11-9-19-15-12-14-8-10-21(16-6-7-16)17(14)20-13-15/h8,10,12-13,16,19H,6-7,9,11H2,1-5H3. The Morgan fingerprint density at radius 1 is 1.35 bits per heavy atom. The van der Waals surface area contributed by atoms with Crippen molar-refractivity contribution < 1.29 is 4.43 Å². The van der Waals surface area contributed by atoms with Crippen LogP contribution in [-0.4, -0.2) is 31.0 Å². The van der Waals surface area contributed by atoms with Gasteiger partial charge in [0.1, 0.15) is 5.65 Å². The number of hydrogen-bond acceptors (Lipinski definition) is 3. The van der Waals surface area contributed by atoms with Crippen LogP contribution >= 0.6 is 0 Å². The molecule has 2 heterocycles. The summed E-state index contributed by atoms with van der Waals surface area (Å²) in [7, 11) is -1.65. The first-order valence-electron chi connectivity index (χ1n) is 8.62. The summed E-state index contributed by atoms with van der Waals surface area (Å²) in [5, 5.41) is 4.92. The van der Waals surface area contributed by atoms with Gasteiger partial charge in [-0.3, -0.25) is 0 Å².